The molecular weight excluding hydrogens is 1060 g/mol. The van der Waals surface area contributed by atoms with Crippen molar-refractivity contribution in [2.45, 2.75) is 309 Å². The number of phosphoric ester groups is 1. The lowest BCUT2D eigenvalue weighted by atomic mass is 10.0. The Balaban J connectivity index is 4.19. The zero-order valence-electron chi connectivity index (χ0n) is 55.4. The monoisotopic (exact) mass is 1190 g/mol. The van der Waals surface area contributed by atoms with Gasteiger partial charge >= 0.3 is 7.82 Å². The summed E-state index contributed by atoms with van der Waals surface area (Å²) in [6, 6.07) is -0.868. The highest BCUT2D eigenvalue weighted by Crippen LogP contribution is 2.43. The number of allylic oxidation sites excluding steroid dienone is 19. The van der Waals surface area contributed by atoms with E-state index in [1.54, 1.807) is 6.08 Å². The summed E-state index contributed by atoms with van der Waals surface area (Å²) in [4.78, 5) is 23.4. The fourth-order valence-corrected chi connectivity index (χ4v) is 10.5. The molecule has 0 aromatic carbocycles. The lowest BCUT2D eigenvalue weighted by Gasteiger charge is -2.25. The van der Waals surface area contributed by atoms with Crippen LogP contribution in [0.15, 0.2) is 122 Å². The first-order valence-electron chi connectivity index (χ1n) is 34.9. The molecule has 3 atom stereocenters. The van der Waals surface area contributed by atoms with Crippen molar-refractivity contribution in [3.05, 3.63) is 122 Å². The number of aliphatic hydroxyl groups excluding tert-OH is 1. The van der Waals surface area contributed by atoms with Gasteiger partial charge in [-0.25, -0.2) is 4.57 Å². The number of phosphoric acid groups is 1. The fraction of sp³-hybridized carbons (Fsp3) is 0.720. The molecular formula is C75H134N2O6P+. The van der Waals surface area contributed by atoms with Gasteiger partial charge in [0.1, 0.15) is 13.2 Å². The molecule has 0 aliphatic carbocycles. The van der Waals surface area contributed by atoms with Crippen LogP contribution in [0.4, 0.5) is 0 Å². The Hall–Kier alpha value is -3.10. The molecule has 0 aromatic heterocycles. The maximum Gasteiger partial charge on any atom is 0.472 e. The maximum absolute atomic E-state index is 13.0. The number of amides is 1. The van der Waals surface area contributed by atoms with Gasteiger partial charge in [-0.05, 0) is 89.9 Å². The standard InChI is InChI=1S/C75H133N2O6P/c1-6-8-10-12-14-16-18-20-22-24-26-28-30-32-34-36-37-38-39-41-43-45-47-49-51-53-55-57-59-61-63-65-67-69-75(79)76-73(72-83-84(80,81)82-71-70-77(3,4)5)74(78)68-66-64-62-60-58-56-54-52-50-48-46-44-42-40-35-33-31-29-27-25-23-21-19-17-15-13-11-9-7-2/h8,10,14,16,20,22,26,28,32,34,37-38,41,43,47,49,53,55,66,68,73-74,78H,6-7,9,11-13,15,17-19,21,23-25,27,29-31,33,35-36,39-40,42,44-46,48,50-52,54,56-65,67,69-72H2,1-5H3,(H-,76,79,80,81)/p+1/b10-8-,16-14-,22-20-,28-26-,34-32-,38-37-,43-41-,49-47-,55-53-,68-66+. The van der Waals surface area contributed by atoms with E-state index in [4.69, 9.17) is 9.05 Å². The normalized spacial score (nSPS) is 14.4. The van der Waals surface area contributed by atoms with Crippen LogP contribution in [0.5, 0.6) is 0 Å². The molecule has 9 heteroatoms. The van der Waals surface area contributed by atoms with Gasteiger partial charge < -0.3 is 19.8 Å². The third-order valence-corrected chi connectivity index (χ3v) is 16.2. The van der Waals surface area contributed by atoms with E-state index in [-0.39, 0.29) is 19.1 Å². The van der Waals surface area contributed by atoms with Gasteiger partial charge in [0, 0.05) is 6.42 Å². The minimum absolute atomic E-state index is 0.0514. The molecule has 3 N–H and O–H groups in total. The largest absolute Gasteiger partial charge is 0.472 e. The highest BCUT2D eigenvalue weighted by molar-refractivity contribution is 7.47. The smallest absolute Gasteiger partial charge is 0.387 e. The van der Waals surface area contributed by atoms with Crippen LogP contribution in [0, 0.1) is 0 Å². The summed E-state index contributed by atoms with van der Waals surface area (Å²) in [7, 11) is 1.55. The second-order valence-corrected chi connectivity index (χ2v) is 26.0. The van der Waals surface area contributed by atoms with E-state index in [0.29, 0.717) is 17.4 Å². The average molecular weight is 1190 g/mol. The Bertz CT molecular complexity index is 1780. The van der Waals surface area contributed by atoms with Crippen molar-refractivity contribution in [2.24, 2.45) is 0 Å². The maximum atomic E-state index is 13.0. The van der Waals surface area contributed by atoms with Gasteiger partial charge in [0.15, 0.2) is 0 Å². The number of hydrogen-bond acceptors (Lipinski definition) is 5. The topological polar surface area (TPSA) is 105 Å². The summed E-state index contributed by atoms with van der Waals surface area (Å²) >= 11 is 0. The van der Waals surface area contributed by atoms with Crippen LogP contribution in [0.2, 0.25) is 0 Å². The molecule has 0 saturated heterocycles. The Morgan fingerprint density at radius 2 is 0.714 bits per heavy atom. The molecule has 8 nitrogen and oxygen atoms in total. The number of carbonyl (C=O) groups excluding carboxylic acids is 1. The molecule has 0 rings (SSSR count). The van der Waals surface area contributed by atoms with Gasteiger partial charge in [-0.1, -0.05) is 322 Å². The van der Waals surface area contributed by atoms with Crippen molar-refractivity contribution >= 4 is 13.7 Å². The van der Waals surface area contributed by atoms with Crippen LogP contribution in [-0.4, -0.2) is 73.4 Å². The first-order valence-corrected chi connectivity index (χ1v) is 36.4. The SMILES string of the molecule is CC/C=C\C/C=C\C/C=C\C/C=C\C/C=C\C/C=C\C/C=C\C/C=C\C/C=C\CCCCCCCC(=O)NC(COP(=O)(O)OCC[N+](C)(C)C)C(O)/C=C/CCCCCCCCCCCCCCCCCCCCCCCCCCCCC. The van der Waals surface area contributed by atoms with Crippen LogP contribution in [0.25, 0.3) is 0 Å². The number of unbranched alkanes of at least 4 members (excludes halogenated alkanes) is 32. The molecule has 0 spiro atoms. The first-order chi connectivity index (χ1) is 41.0. The second-order valence-electron chi connectivity index (χ2n) is 24.5. The lowest BCUT2D eigenvalue weighted by molar-refractivity contribution is -0.870. The number of carbonyl (C=O) groups is 1. The average Bonchev–Trinajstić information content (AvgIpc) is 3.56. The molecule has 0 aliphatic rings. The van der Waals surface area contributed by atoms with Crippen molar-refractivity contribution in [1.82, 2.24) is 5.32 Å². The Morgan fingerprint density at radius 3 is 1.05 bits per heavy atom. The van der Waals surface area contributed by atoms with Gasteiger partial charge in [0.05, 0.1) is 39.9 Å². The van der Waals surface area contributed by atoms with Crippen LogP contribution >= 0.6 is 7.82 Å². The van der Waals surface area contributed by atoms with Gasteiger partial charge in [-0.2, -0.15) is 0 Å². The molecule has 0 heterocycles. The van der Waals surface area contributed by atoms with Crippen LogP contribution in [-0.2, 0) is 18.4 Å². The number of hydrogen-bond donors (Lipinski definition) is 3. The van der Waals surface area contributed by atoms with Crippen molar-refractivity contribution in [1.29, 1.82) is 0 Å². The van der Waals surface area contributed by atoms with Crippen molar-refractivity contribution in [3.8, 4) is 0 Å². The van der Waals surface area contributed by atoms with Gasteiger partial charge in [-0.3, -0.25) is 13.8 Å². The molecule has 0 radical (unpaired) electrons. The quantitative estimate of drug-likeness (QED) is 0.0243. The van der Waals surface area contributed by atoms with Crippen molar-refractivity contribution in [3.63, 3.8) is 0 Å². The Morgan fingerprint density at radius 1 is 0.417 bits per heavy atom. The summed E-state index contributed by atoms with van der Waals surface area (Å²) in [6.07, 6.45) is 96.2. The minimum Gasteiger partial charge on any atom is -0.387 e. The third-order valence-electron chi connectivity index (χ3n) is 15.2. The number of nitrogens with one attached hydrogen (secondary N) is 1. The third kappa shape index (κ3) is 66.4. The van der Waals surface area contributed by atoms with E-state index in [1.807, 2.05) is 27.2 Å². The van der Waals surface area contributed by atoms with Crippen LogP contribution in [0.1, 0.15) is 296 Å². The molecule has 0 aliphatic heterocycles. The summed E-state index contributed by atoms with van der Waals surface area (Å²) in [6.45, 7) is 4.70. The van der Waals surface area contributed by atoms with E-state index in [2.05, 4.69) is 129 Å². The van der Waals surface area contributed by atoms with E-state index < -0.39 is 20.0 Å². The van der Waals surface area contributed by atoms with E-state index in [9.17, 15) is 19.4 Å². The van der Waals surface area contributed by atoms with Crippen molar-refractivity contribution in [2.75, 3.05) is 40.9 Å². The molecule has 1 amide bonds. The summed E-state index contributed by atoms with van der Waals surface area (Å²) in [5, 5.41) is 14.0. The van der Waals surface area contributed by atoms with Crippen LogP contribution < -0.4 is 5.32 Å². The predicted molar refractivity (Wildman–Crippen MR) is 368 cm³/mol. The minimum atomic E-state index is -4.37. The summed E-state index contributed by atoms with van der Waals surface area (Å²) < 4.78 is 23.8. The molecule has 84 heavy (non-hydrogen) atoms. The number of aliphatic hydroxyl groups is 1. The molecule has 0 fully saturated rings. The molecule has 0 aromatic rings. The van der Waals surface area contributed by atoms with E-state index in [1.165, 1.54) is 161 Å². The van der Waals surface area contributed by atoms with Gasteiger partial charge in [-0.15, -0.1) is 0 Å². The number of likely N-dealkylation sites (N-methyl/N-ethyl adjacent to an activating group) is 1. The number of rotatable bonds is 63. The Kier molecular flexibility index (Phi) is 62.0. The molecule has 3 unspecified atom stereocenters. The molecule has 484 valence electrons. The van der Waals surface area contributed by atoms with Crippen LogP contribution in [0.3, 0.4) is 0 Å². The lowest BCUT2D eigenvalue weighted by Crippen LogP contribution is -2.45. The molecule has 0 bridgehead atoms. The first kappa shape index (κ1) is 80.9. The van der Waals surface area contributed by atoms with Crippen molar-refractivity contribution < 1.29 is 32.9 Å². The number of nitrogens with zero attached hydrogens (tertiary/aromatic N) is 1. The van der Waals surface area contributed by atoms with E-state index >= 15 is 0 Å². The van der Waals surface area contributed by atoms with E-state index in [0.717, 1.165) is 116 Å². The number of quaternary nitrogens is 1. The second kappa shape index (κ2) is 64.4. The molecule has 0 saturated carbocycles. The Labute approximate surface area is 520 Å². The fourth-order valence-electron chi connectivity index (χ4n) is 9.80. The highest BCUT2D eigenvalue weighted by atomic mass is 31.2. The summed E-state index contributed by atoms with van der Waals surface area (Å²) in [5.74, 6) is -0.197. The highest BCUT2D eigenvalue weighted by Gasteiger charge is 2.28. The summed E-state index contributed by atoms with van der Waals surface area (Å²) in [5.41, 5.74) is 0. The zero-order chi connectivity index (χ0) is 61.2. The van der Waals surface area contributed by atoms with Gasteiger partial charge in [0.2, 0.25) is 5.91 Å². The van der Waals surface area contributed by atoms with Gasteiger partial charge in [0.25, 0.3) is 0 Å². The predicted octanol–water partition coefficient (Wildman–Crippen LogP) is 22.4. The zero-order valence-corrected chi connectivity index (χ0v) is 56.3.